The van der Waals surface area contributed by atoms with Gasteiger partial charge in [-0.1, -0.05) is 30.3 Å². The Balaban J connectivity index is 2.49. The molecule has 0 amide bonds. The summed E-state index contributed by atoms with van der Waals surface area (Å²) in [5.41, 5.74) is 0.979. The Labute approximate surface area is 78.3 Å². The van der Waals surface area contributed by atoms with E-state index in [1.54, 1.807) is 0 Å². The van der Waals surface area contributed by atoms with E-state index < -0.39 is 15.8 Å². The lowest BCUT2D eigenvalue weighted by atomic mass is 10.1. The van der Waals surface area contributed by atoms with Gasteiger partial charge in [-0.25, -0.2) is 8.42 Å². The number of benzene rings is 1. The number of rotatable bonds is 3. The zero-order valence-electron chi connectivity index (χ0n) is 6.97. The summed E-state index contributed by atoms with van der Waals surface area (Å²) in [6, 6.07) is 9.32. The van der Waals surface area contributed by atoms with Gasteiger partial charge in [-0.05, 0) is 12.0 Å². The first kappa shape index (κ1) is 9.92. The molecule has 0 spiro atoms. The second-order valence-corrected chi connectivity index (χ2v) is 3.65. The van der Waals surface area contributed by atoms with Crippen LogP contribution in [0.15, 0.2) is 30.3 Å². The van der Waals surface area contributed by atoms with Crippen LogP contribution >= 0.6 is 0 Å². The van der Waals surface area contributed by atoms with Crippen LogP contribution in [-0.2, 0) is 21.9 Å². The first-order valence-electron chi connectivity index (χ1n) is 3.91. The minimum Gasteiger partial charge on any atom is -0.282 e. The summed E-state index contributed by atoms with van der Waals surface area (Å²) in [4.78, 5) is 10.7. The minimum absolute atomic E-state index is 0.0721. The second-order valence-electron chi connectivity index (χ2n) is 2.64. The maximum atomic E-state index is 10.7. The van der Waals surface area contributed by atoms with Gasteiger partial charge in [0.05, 0.1) is 0 Å². The number of carbonyl (C=O) groups excluding carboxylic acids is 1. The van der Waals surface area contributed by atoms with E-state index in [-0.39, 0.29) is 6.42 Å². The molecular weight excluding hydrogens is 188 g/mol. The number of hydrogen-bond acceptors (Lipinski definition) is 3. The molecule has 1 aromatic rings. The lowest BCUT2D eigenvalue weighted by Gasteiger charge is -1.95. The highest BCUT2D eigenvalue weighted by atomic mass is 32.2. The van der Waals surface area contributed by atoms with Gasteiger partial charge >= 0.3 is 0 Å². The van der Waals surface area contributed by atoms with Crippen molar-refractivity contribution in [2.24, 2.45) is 0 Å². The van der Waals surface area contributed by atoms with E-state index in [2.05, 4.69) is 0 Å². The van der Waals surface area contributed by atoms with Crippen LogP contribution in [0.1, 0.15) is 12.0 Å². The van der Waals surface area contributed by atoms with E-state index >= 15 is 0 Å². The van der Waals surface area contributed by atoms with Crippen molar-refractivity contribution in [3.8, 4) is 0 Å². The van der Waals surface area contributed by atoms with Gasteiger partial charge in [-0.15, -0.1) is 0 Å². The molecule has 0 aliphatic rings. The maximum Gasteiger partial charge on any atom is 0.244 e. The molecule has 0 bridgehead atoms. The molecule has 4 heteroatoms. The van der Waals surface area contributed by atoms with Crippen LogP contribution in [-0.4, -0.2) is 13.5 Å². The van der Waals surface area contributed by atoms with Gasteiger partial charge in [0.1, 0.15) is 0 Å². The predicted molar refractivity (Wildman–Crippen MR) is 50.1 cm³/mol. The summed E-state index contributed by atoms with van der Waals surface area (Å²) in [6.45, 7) is 0. The Kier molecular flexibility index (Phi) is 3.64. The quantitative estimate of drug-likeness (QED) is 0.729. The Morgan fingerprint density at radius 1 is 1.15 bits per heavy atom. The molecule has 0 aliphatic heterocycles. The smallest absolute Gasteiger partial charge is 0.244 e. The van der Waals surface area contributed by atoms with Crippen molar-refractivity contribution >= 4 is 15.8 Å². The van der Waals surface area contributed by atoms with E-state index in [0.29, 0.717) is 6.42 Å². The van der Waals surface area contributed by atoms with Gasteiger partial charge in [0.25, 0.3) is 0 Å². The molecule has 1 aromatic carbocycles. The molecule has 1 rings (SSSR count). The molecule has 13 heavy (non-hydrogen) atoms. The fraction of sp³-hybridized carbons (Fsp3) is 0.222. The van der Waals surface area contributed by atoms with Gasteiger partial charge in [-0.3, -0.25) is 4.79 Å². The average molecular weight is 198 g/mol. The van der Waals surface area contributed by atoms with E-state index in [1.807, 2.05) is 30.3 Å². The molecule has 0 N–H and O–H groups in total. The summed E-state index contributed by atoms with van der Waals surface area (Å²) < 4.78 is 20.4. The van der Waals surface area contributed by atoms with Crippen molar-refractivity contribution in [1.29, 1.82) is 0 Å². The average Bonchev–Trinajstić information content (AvgIpc) is 2.15. The molecule has 0 radical (unpaired) electrons. The molecule has 0 aliphatic carbocycles. The van der Waals surface area contributed by atoms with E-state index in [1.165, 1.54) is 0 Å². The Morgan fingerprint density at radius 3 is 2.31 bits per heavy atom. The van der Waals surface area contributed by atoms with Crippen molar-refractivity contribution in [2.75, 3.05) is 0 Å². The Bertz CT molecular complexity index is 346. The number of carbonyl (C=O) groups is 1. The van der Waals surface area contributed by atoms with E-state index in [9.17, 15) is 13.2 Å². The van der Waals surface area contributed by atoms with Crippen LogP contribution in [0.3, 0.4) is 0 Å². The molecule has 70 valence electrons. The van der Waals surface area contributed by atoms with Crippen LogP contribution in [0.5, 0.6) is 0 Å². The van der Waals surface area contributed by atoms with Crippen LogP contribution in [0.25, 0.3) is 0 Å². The normalized spacial score (nSPS) is 10.2. The summed E-state index contributed by atoms with van der Waals surface area (Å²) in [6.07, 6.45) is 0.561. The van der Waals surface area contributed by atoms with Crippen molar-refractivity contribution < 1.29 is 13.2 Å². The SMILES string of the molecule is O=C(CCc1ccccc1)[SH](=O)=O. The summed E-state index contributed by atoms with van der Waals surface area (Å²) >= 11 is 0. The van der Waals surface area contributed by atoms with Gasteiger partial charge < -0.3 is 0 Å². The first-order valence-corrected chi connectivity index (χ1v) is 5.09. The molecule has 0 heterocycles. The molecular formula is C9H10O3S. The Hall–Kier alpha value is -1.16. The summed E-state index contributed by atoms with van der Waals surface area (Å²) in [5.74, 6) is 0. The van der Waals surface area contributed by atoms with Crippen LogP contribution in [0.4, 0.5) is 0 Å². The van der Waals surface area contributed by atoms with Crippen molar-refractivity contribution in [1.82, 2.24) is 0 Å². The molecule has 0 aromatic heterocycles. The molecule has 0 fully saturated rings. The predicted octanol–water partition coefficient (Wildman–Crippen LogP) is 0.757. The highest BCUT2D eigenvalue weighted by Gasteiger charge is 2.03. The zero-order valence-corrected chi connectivity index (χ0v) is 7.87. The van der Waals surface area contributed by atoms with Gasteiger partial charge in [0.15, 0.2) is 0 Å². The molecule has 3 nitrogen and oxygen atoms in total. The van der Waals surface area contributed by atoms with E-state index in [4.69, 9.17) is 0 Å². The summed E-state index contributed by atoms with van der Waals surface area (Å²) in [5, 5.41) is -0.696. The van der Waals surface area contributed by atoms with Crippen LogP contribution < -0.4 is 0 Å². The largest absolute Gasteiger partial charge is 0.282 e. The monoisotopic (exact) mass is 198 g/mol. The topological polar surface area (TPSA) is 51.2 Å². The fourth-order valence-corrected chi connectivity index (χ4v) is 1.28. The number of aryl methyl sites for hydroxylation is 1. The highest BCUT2D eigenvalue weighted by Crippen LogP contribution is 2.02. The second kappa shape index (κ2) is 4.77. The zero-order chi connectivity index (χ0) is 9.68. The van der Waals surface area contributed by atoms with Gasteiger partial charge in [0, 0.05) is 6.42 Å². The van der Waals surface area contributed by atoms with Crippen molar-refractivity contribution in [3.05, 3.63) is 35.9 Å². The lowest BCUT2D eigenvalue weighted by Crippen LogP contribution is -2.01. The van der Waals surface area contributed by atoms with Gasteiger partial charge in [0.2, 0.25) is 15.8 Å². The van der Waals surface area contributed by atoms with Crippen LogP contribution in [0.2, 0.25) is 0 Å². The van der Waals surface area contributed by atoms with Gasteiger partial charge in [-0.2, -0.15) is 0 Å². The molecule has 0 unspecified atom stereocenters. The van der Waals surface area contributed by atoms with E-state index in [0.717, 1.165) is 5.56 Å². The Morgan fingerprint density at radius 2 is 1.77 bits per heavy atom. The number of thiol groups is 1. The maximum absolute atomic E-state index is 10.7. The summed E-state index contributed by atoms with van der Waals surface area (Å²) in [7, 11) is -2.90. The van der Waals surface area contributed by atoms with Crippen molar-refractivity contribution in [2.45, 2.75) is 12.8 Å². The third-order valence-corrected chi connectivity index (χ3v) is 2.30. The minimum atomic E-state index is -2.90. The highest BCUT2D eigenvalue weighted by molar-refractivity contribution is 7.89. The fourth-order valence-electron chi connectivity index (χ4n) is 0.987. The standard InChI is InChI=1S/C9H10O3S/c10-9(13(11)12)7-6-8-4-2-1-3-5-8/h1-5,13H,6-7H2. The first-order chi connectivity index (χ1) is 6.20. The number of hydrogen-bond donors (Lipinski definition) is 1. The van der Waals surface area contributed by atoms with Crippen LogP contribution in [0, 0.1) is 0 Å². The molecule has 0 saturated heterocycles. The molecule has 0 saturated carbocycles. The lowest BCUT2D eigenvalue weighted by molar-refractivity contribution is -0.111. The van der Waals surface area contributed by atoms with Crippen molar-refractivity contribution in [3.63, 3.8) is 0 Å². The molecule has 0 atom stereocenters. The third kappa shape index (κ3) is 3.38. The third-order valence-electron chi connectivity index (χ3n) is 1.67.